The van der Waals surface area contributed by atoms with Gasteiger partial charge in [-0.3, -0.25) is 4.79 Å². The average Bonchev–Trinajstić information content (AvgIpc) is 2.79. The molecule has 0 radical (unpaired) electrons. The van der Waals surface area contributed by atoms with Gasteiger partial charge in [-0.2, -0.15) is 0 Å². The van der Waals surface area contributed by atoms with Crippen molar-refractivity contribution in [3.8, 4) is 5.75 Å². The molecule has 1 fully saturated rings. The third kappa shape index (κ3) is 2.50. The van der Waals surface area contributed by atoms with Crippen LogP contribution in [0, 0.1) is 0 Å². The van der Waals surface area contributed by atoms with Crippen molar-refractivity contribution in [1.82, 2.24) is 0 Å². The Balaban J connectivity index is 2.15. The van der Waals surface area contributed by atoms with Crippen molar-refractivity contribution >= 4 is 5.91 Å². The number of carbonyl (C=O) groups is 1. The predicted molar refractivity (Wildman–Crippen MR) is 71.6 cm³/mol. The maximum Gasteiger partial charge on any atom is 0.261 e. The van der Waals surface area contributed by atoms with Crippen molar-refractivity contribution in [2.75, 3.05) is 0 Å². The van der Waals surface area contributed by atoms with Crippen molar-refractivity contribution in [3.63, 3.8) is 0 Å². The number of nitrogens with two attached hydrogens (primary N) is 1. The molecule has 2 rings (SSSR count). The van der Waals surface area contributed by atoms with Crippen LogP contribution >= 0.6 is 0 Å². The summed E-state index contributed by atoms with van der Waals surface area (Å²) in [4.78, 5) is 11.6. The molecule has 1 amide bonds. The molecule has 18 heavy (non-hydrogen) atoms. The molecule has 0 aromatic heterocycles. The van der Waals surface area contributed by atoms with Crippen LogP contribution in [0.25, 0.3) is 0 Å². The molecule has 1 aliphatic carbocycles. The largest absolute Gasteiger partial charge is 0.477 e. The third-order valence-electron chi connectivity index (χ3n) is 3.72. The van der Waals surface area contributed by atoms with Crippen molar-refractivity contribution < 1.29 is 9.53 Å². The molecule has 0 bridgehead atoms. The van der Waals surface area contributed by atoms with E-state index in [1.54, 1.807) is 0 Å². The number of carbonyl (C=O) groups excluding carboxylic acids is 1. The topological polar surface area (TPSA) is 52.3 Å². The van der Waals surface area contributed by atoms with Gasteiger partial charge in [0.25, 0.3) is 5.91 Å². The molecule has 0 atom stereocenters. The van der Waals surface area contributed by atoms with Gasteiger partial charge in [0.05, 0.1) is 0 Å². The van der Waals surface area contributed by atoms with Gasteiger partial charge < -0.3 is 10.5 Å². The summed E-state index contributed by atoms with van der Waals surface area (Å²) in [5, 5.41) is 0. The lowest BCUT2D eigenvalue weighted by atomic mass is 10.0. The lowest BCUT2D eigenvalue weighted by Gasteiger charge is -2.26. The molecule has 1 aliphatic rings. The fourth-order valence-electron chi connectivity index (χ4n) is 2.49. The van der Waals surface area contributed by atoms with E-state index in [-0.39, 0.29) is 5.91 Å². The standard InChI is InChI=1S/C15H21NO2/c1-11(2)12-5-7-13(8-6-12)18-15(14(16)17)9-3-4-10-15/h5-8,11H,3-4,9-10H2,1-2H3,(H2,16,17). The maximum absolute atomic E-state index is 11.6. The summed E-state index contributed by atoms with van der Waals surface area (Å²) in [6.07, 6.45) is 3.47. The fraction of sp³-hybridized carbons (Fsp3) is 0.533. The first-order chi connectivity index (χ1) is 8.53. The van der Waals surface area contributed by atoms with E-state index in [0.29, 0.717) is 5.92 Å². The molecular formula is C15H21NO2. The SMILES string of the molecule is CC(C)c1ccc(OC2(C(N)=O)CCCC2)cc1. The van der Waals surface area contributed by atoms with Gasteiger partial charge in [-0.25, -0.2) is 0 Å². The van der Waals surface area contributed by atoms with Crippen LogP contribution in [0.2, 0.25) is 0 Å². The van der Waals surface area contributed by atoms with Crippen LogP contribution in [0.4, 0.5) is 0 Å². The summed E-state index contributed by atoms with van der Waals surface area (Å²) in [6.45, 7) is 4.30. The molecule has 0 saturated heterocycles. The number of primary amides is 1. The molecule has 3 nitrogen and oxygen atoms in total. The van der Waals surface area contributed by atoms with E-state index in [0.717, 1.165) is 31.4 Å². The molecule has 2 N–H and O–H groups in total. The van der Waals surface area contributed by atoms with Gasteiger partial charge in [0.1, 0.15) is 5.75 Å². The molecular weight excluding hydrogens is 226 g/mol. The highest BCUT2D eigenvalue weighted by molar-refractivity contribution is 5.84. The predicted octanol–water partition coefficient (Wildman–Crippen LogP) is 2.99. The van der Waals surface area contributed by atoms with Crippen LogP contribution in [0.3, 0.4) is 0 Å². The van der Waals surface area contributed by atoms with Crippen molar-refractivity contribution in [2.24, 2.45) is 5.73 Å². The molecule has 98 valence electrons. The maximum atomic E-state index is 11.6. The molecule has 1 saturated carbocycles. The quantitative estimate of drug-likeness (QED) is 0.889. The van der Waals surface area contributed by atoms with Crippen molar-refractivity contribution in [3.05, 3.63) is 29.8 Å². The van der Waals surface area contributed by atoms with Gasteiger partial charge in [-0.1, -0.05) is 26.0 Å². The average molecular weight is 247 g/mol. The van der Waals surface area contributed by atoms with Crippen molar-refractivity contribution in [1.29, 1.82) is 0 Å². The Kier molecular flexibility index (Phi) is 3.60. The monoisotopic (exact) mass is 247 g/mol. The van der Waals surface area contributed by atoms with Crippen molar-refractivity contribution in [2.45, 2.75) is 51.0 Å². The van der Waals surface area contributed by atoms with Gasteiger partial charge >= 0.3 is 0 Å². The Morgan fingerprint density at radius 1 is 1.22 bits per heavy atom. The zero-order chi connectivity index (χ0) is 13.2. The van der Waals surface area contributed by atoms with Gasteiger partial charge in [-0.05, 0) is 49.3 Å². The van der Waals surface area contributed by atoms with Gasteiger partial charge in [0, 0.05) is 0 Å². The van der Waals surface area contributed by atoms with E-state index in [9.17, 15) is 4.79 Å². The first-order valence-corrected chi connectivity index (χ1v) is 6.62. The van der Waals surface area contributed by atoms with Crippen LogP contribution < -0.4 is 10.5 Å². The minimum Gasteiger partial charge on any atom is -0.477 e. The van der Waals surface area contributed by atoms with E-state index in [4.69, 9.17) is 10.5 Å². The van der Waals surface area contributed by atoms with Gasteiger partial charge in [0.2, 0.25) is 0 Å². The van der Waals surface area contributed by atoms with E-state index in [2.05, 4.69) is 13.8 Å². The second-order valence-electron chi connectivity index (χ2n) is 5.39. The smallest absolute Gasteiger partial charge is 0.261 e. The van der Waals surface area contributed by atoms with Crippen LogP contribution in [-0.4, -0.2) is 11.5 Å². The summed E-state index contributed by atoms with van der Waals surface area (Å²) < 4.78 is 5.88. The highest BCUT2D eigenvalue weighted by Gasteiger charge is 2.42. The number of ether oxygens (including phenoxy) is 1. The van der Waals surface area contributed by atoms with E-state index in [1.807, 2.05) is 24.3 Å². The van der Waals surface area contributed by atoms with Crippen LogP contribution in [0.1, 0.15) is 51.0 Å². The Labute approximate surface area is 108 Å². The molecule has 0 aliphatic heterocycles. The molecule has 3 heteroatoms. The fourth-order valence-corrected chi connectivity index (χ4v) is 2.49. The Bertz CT molecular complexity index is 417. The summed E-state index contributed by atoms with van der Waals surface area (Å²) >= 11 is 0. The van der Waals surface area contributed by atoms with Crippen LogP contribution in [0.5, 0.6) is 5.75 Å². The lowest BCUT2D eigenvalue weighted by Crippen LogP contribution is -2.46. The summed E-state index contributed by atoms with van der Waals surface area (Å²) in [5.74, 6) is 0.892. The van der Waals surface area contributed by atoms with Crippen LogP contribution in [-0.2, 0) is 4.79 Å². The second kappa shape index (κ2) is 5.01. The Hall–Kier alpha value is -1.51. The minimum absolute atomic E-state index is 0.340. The highest BCUT2D eigenvalue weighted by atomic mass is 16.5. The summed E-state index contributed by atoms with van der Waals surface area (Å²) in [6, 6.07) is 7.95. The zero-order valence-electron chi connectivity index (χ0n) is 11.1. The van der Waals surface area contributed by atoms with Crippen LogP contribution in [0.15, 0.2) is 24.3 Å². The molecule has 1 aromatic carbocycles. The normalized spacial score (nSPS) is 17.9. The third-order valence-corrected chi connectivity index (χ3v) is 3.72. The first-order valence-electron chi connectivity index (χ1n) is 6.62. The summed E-state index contributed by atoms with van der Waals surface area (Å²) in [5.41, 5.74) is 5.98. The second-order valence-corrected chi connectivity index (χ2v) is 5.39. The van der Waals surface area contributed by atoms with E-state index >= 15 is 0 Å². The Morgan fingerprint density at radius 2 is 1.78 bits per heavy atom. The van der Waals surface area contributed by atoms with Gasteiger partial charge in [-0.15, -0.1) is 0 Å². The number of benzene rings is 1. The number of rotatable bonds is 4. The van der Waals surface area contributed by atoms with E-state index in [1.165, 1.54) is 5.56 Å². The molecule has 0 heterocycles. The number of hydrogen-bond donors (Lipinski definition) is 1. The Morgan fingerprint density at radius 3 is 2.22 bits per heavy atom. The first kappa shape index (κ1) is 12.9. The molecule has 1 aromatic rings. The molecule has 0 unspecified atom stereocenters. The van der Waals surface area contributed by atoms with Gasteiger partial charge in [0.15, 0.2) is 5.60 Å². The zero-order valence-corrected chi connectivity index (χ0v) is 11.1. The number of amides is 1. The summed E-state index contributed by atoms with van der Waals surface area (Å²) in [7, 11) is 0. The minimum atomic E-state index is -0.778. The lowest BCUT2D eigenvalue weighted by molar-refractivity contribution is -0.132. The molecule has 0 spiro atoms. The highest BCUT2D eigenvalue weighted by Crippen LogP contribution is 2.34. The number of hydrogen-bond acceptors (Lipinski definition) is 2. The van der Waals surface area contributed by atoms with E-state index < -0.39 is 5.60 Å².